The van der Waals surface area contributed by atoms with E-state index in [0.29, 0.717) is 35.5 Å². The van der Waals surface area contributed by atoms with Gasteiger partial charge in [-0.15, -0.1) is 5.10 Å². The summed E-state index contributed by atoms with van der Waals surface area (Å²) in [6.45, 7) is 2.21. The van der Waals surface area contributed by atoms with Crippen LogP contribution in [0.25, 0.3) is 5.52 Å². The number of nitrogens with zero attached hydrogens (tertiary/aromatic N) is 3. The van der Waals surface area contributed by atoms with E-state index < -0.39 is 0 Å². The zero-order chi connectivity index (χ0) is 18.3. The van der Waals surface area contributed by atoms with E-state index in [2.05, 4.69) is 15.4 Å². The van der Waals surface area contributed by atoms with Crippen LogP contribution in [0.15, 0.2) is 12.1 Å². The number of aromatic nitrogens is 3. The van der Waals surface area contributed by atoms with Crippen molar-refractivity contribution in [1.82, 2.24) is 14.6 Å². The van der Waals surface area contributed by atoms with E-state index in [0.717, 1.165) is 32.0 Å². The standard InChI is InChI=1S/C18H21ClN4O3/c1-2-26-17(25)14-10-3-5-11(6-4-10)15(14)20-16-13-8-7-12(9-24)23(13)22-18(19)21-16/h7-11,14-15H,2-6H2,1H3,(H,20,21,22)/t10?,11?,14-,15-/m1/s1. The van der Waals surface area contributed by atoms with E-state index in [9.17, 15) is 9.59 Å². The van der Waals surface area contributed by atoms with Crippen molar-refractivity contribution in [3.63, 3.8) is 0 Å². The molecule has 26 heavy (non-hydrogen) atoms. The molecule has 0 radical (unpaired) electrons. The summed E-state index contributed by atoms with van der Waals surface area (Å²) < 4.78 is 6.82. The van der Waals surface area contributed by atoms with Gasteiger partial charge in [0.1, 0.15) is 11.2 Å². The maximum absolute atomic E-state index is 12.6. The highest BCUT2D eigenvalue weighted by atomic mass is 35.5. The van der Waals surface area contributed by atoms with Gasteiger partial charge in [-0.2, -0.15) is 4.98 Å². The van der Waals surface area contributed by atoms with Crippen LogP contribution in [0.1, 0.15) is 43.1 Å². The van der Waals surface area contributed by atoms with E-state index in [1.807, 2.05) is 6.92 Å². The first-order chi connectivity index (χ1) is 12.6. The third kappa shape index (κ3) is 2.84. The van der Waals surface area contributed by atoms with Crippen LogP contribution < -0.4 is 5.32 Å². The lowest BCUT2D eigenvalue weighted by atomic mass is 9.61. The summed E-state index contributed by atoms with van der Waals surface area (Å²) in [5, 5.41) is 7.60. The Labute approximate surface area is 156 Å². The van der Waals surface area contributed by atoms with E-state index >= 15 is 0 Å². The van der Waals surface area contributed by atoms with Gasteiger partial charge in [0.15, 0.2) is 12.1 Å². The van der Waals surface area contributed by atoms with Crippen LogP contribution >= 0.6 is 11.6 Å². The summed E-state index contributed by atoms with van der Waals surface area (Å²) in [5.41, 5.74) is 1.07. The van der Waals surface area contributed by atoms with Crippen molar-refractivity contribution in [2.75, 3.05) is 11.9 Å². The van der Waals surface area contributed by atoms with Crippen molar-refractivity contribution in [1.29, 1.82) is 0 Å². The van der Waals surface area contributed by atoms with Gasteiger partial charge in [-0.05, 0) is 68.2 Å². The Morgan fingerprint density at radius 1 is 1.35 bits per heavy atom. The van der Waals surface area contributed by atoms with Gasteiger partial charge in [0.2, 0.25) is 5.28 Å². The highest BCUT2D eigenvalue weighted by Crippen LogP contribution is 2.46. The number of nitrogens with one attached hydrogen (secondary N) is 1. The Balaban J connectivity index is 1.71. The molecule has 0 saturated heterocycles. The van der Waals surface area contributed by atoms with Crippen molar-refractivity contribution in [2.45, 2.75) is 38.6 Å². The number of carbonyl (C=O) groups is 2. The molecule has 3 saturated carbocycles. The molecule has 2 aromatic heterocycles. The highest BCUT2D eigenvalue weighted by Gasteiger charge is 2.48. The van der Waals surface area contributed by atoms with Gasteiger partial charge in [0, 0.05) is 6.04 Å². The lowest BCUT2D eigenvalue weighted by Crippen LogP contribution is -2.52. The molecule has 2 bridgehead atoms. The number of aldehydes is 1. The summed E-state index contributed by atoms with van der Waals surface area (Å²) in [4.78, 5) is 28.1. The Morgan fingerprint density at radius 3 is 2.77 bits per heavy atom. The normalized spacial score (nSPS) is 27.5. The van der Waals surface area contributed by atoms with Crippen LogP contribution in [0.5, 0.6) is 0 Å². The monoisotopic (exact) mass is 376 g/mol. The fourth-order valence-corrected chi connectivity index (χ4v) is 4.74. The molecule has 3 fully saturated rings. The number of fused-ring (bicyclic) bond motifs is 4. The number of ether oxygens (including phenoxy) is 1. The molecule has 0 unspecified atom stereocenters. The molecule has 138 valence electrons. The van der Waals surface area contributed by atoms with Gasteiger partial charge in [-0.1, -0.05) is 0 Å². The predicted molar refractivity (Wildman–Crippen MR) is 96.4 cm³/mol. The molecule has 5 rings (SSSR count). The van der Waals surface area contributed by atoms with Crippen molar-refractivity contribution in [3.8, 4) is 0 Å². The first kappa shape index (κ1) is 17.3. The van der Waals surface area contributed by atoms with Gasteiger partial charge in [-0.3, -0.25) is 9.59 Å². The number of esters is 1. The van der Waals surface area contributed by atoms with Crippen molar-refractivity contribution < 1.29 is 14.3 Å². The minimum absolute atomic E-state index is 0.0490. The van der Waals surface area contributed by atoms with Gasteiger partial charge in [-0.25, -0.2) is 4.52 Å². The molecular weight excluding hydrogens is 356 g/mol. The van der Waals surface area contributed by atoms with E-state index in [1.165, 1.54) is 4.52 Å². The lowest BCUT2D eigenvalue weighted by molar-refractivity contribution is -0.154. The van der Waals surface area contributed by atoms with E-state index in [-0.39, 0.29) is 23.2 Å². The first-order valence-electron chi connectivity index (χ1n) is 9.06. The molecule has 1 N–H and O–H groups in total. The second kappa shape index (κ2) is 6.87. The van der Waals surface area contributed by atoms with Gasteiger partial charge in [0.05, 0.1) is 12.5 Å². The second-order valence-electron chi connectivity index (χ2n) is 7.03. The summed E-state index contributed by atoms with van der Waals surface area (Å²) in [6, 6.07) is 3.41. The molecule has 0 amide bonds. The van der Waals surface area contributed by atoms with Crippen LogP contribution in [0.3, 0.4) is 0 Å². The highest BCUT2D eigenvalue weighted by molar-refractivity contribution is 6.28. The van der Waals surface area contributed by atoms with Crippen molar-refractivity contribution in [3.05, 3.63) is 23.1 Å². The molecule has 2 atom stereocenters. The minimum atomic E-state index is -0.184. The number of hydrogen-bond acceptors (Lipinski definition) is 6. The van der Waals surface area contributed by atoms with E-state index in [1.54, 1.807) is 12.1 Å². The summed E-state index contributed by atoms with van der Waals surface area (Å²) in [6.07, 6.45) is 5.03. The fraction of sp³-hybridized carbons (Fsp3) is 0.556. The lowest BCUT2D eigenvalue weighted by Gasteiger charge is -2.47. The SMILES string of the molecule is CCOC(=O)[C@@H]1C2CCC(CC2)[C@H]1Nc1nc(Cl)nn2c(C=O)ccc12. The van der Waals surface area contributed by atoms with Crippen LogP contribution in [0.4, 0.5) is 5.82 Å². The molecule has 0 aromatic carbocycles. The third-order valence-corrected chi connectivity index (χ3v) is 5.88. The zero-order valence-corrected chi connectivity index (χ0v) is 15.3. The van der Waals surface area contributed by atoms with Crippen LogP contribution in [0.2, 0.25) is 5.28 Å². The number of anilines is 1. The number of hydrogen-bond donors (Lipinski definition) is 1. The number of carbonyl (C=O) groups excluding carboxylic acids is 2. The maximum Gasteiger partial charge on any atom is 0.311 e. The molecule has 0 aliphatic heterocycles. The van der Waals surface area contributed by atoms with Crippen molar-refractivity contribution in [2.24, 2.45) is 17.8 Å². The van der Waals surface area contributed by atoms with Gasteiger partial charge < -0.3 is 10.1 Å². The molecule has 2 heterocycles. The average Bonchev–Trinajstić information content (AvgIpc) is 3.05. The maximum atomic E-state index is 12.6. The summed E-state index contributed by atoms with van der Waals surface area (Å²) in [7, 11) is 0. The smallest absolute Gasteiger partial charge is 0.311 e. The summed E-state index contributed by atoms with van der Waals surface area (Å²) in [5.74, 6) is 0.951. The number of rotatable bonds is 5. The first-order valence-corrected chi connectivity index (χ1v) is 9.43. The molecule has 3 aliphatic rings. The zero-order valence-electron chi connectivity index (χ0n) is 14.5. The quantitative estimate of drug-likeness (QED) is 0.637. The van der Waals surface area contributed by atoms with Crippen LogP contribution in [0, 0.1) is 17.8 Å². The van der Waals surface area contributed by atoms with Gasteiger partial charge in [0.25, 0.3) is 0 Å². The van der Waals surface area contributed by atoms with E-state index in [4.69, 9.17) is 16.3 Å². The Morgan fingerprint density at radius 2 is 2.08 bits per heavy atom. The molecule has 8 heteroatoms. The third-order valence-electron chi connectivity index (χ3n) is 5.72. The Kier molecular flexibility index (Phi) is 4.56. The van der Waals surface area contributed by atoms with Crippen LogP contribution in [-0.4, -0.2) is 39.5 Å². The largest absolute Gasteiger partial charge is 0.466 e. The van der Waals surface area contributed by atoms with Gasteiger partial charge >= 0.3 is 5.97 Å². The molecule has 3 aliphatic carbocycles. The molecule has 2 aromatic rings. The Hall–Kier alpha value is -2.15. The predicted octanol–water partition coefficient (Wildman–Crippen LogP) is 2.98. The molecular formula is C18H21ClN4O3. The van der Waals surface area contributed by atoms with Crippen LogP contribution in [-0.2, 0) is 9.53 Å². The number of halogens is 1. The Bertz CT molecular complexity index is 844. The molecule has 0 spiro atoms. The topological polar surface area (TPSA) is 85.6 Å². The van der Waals surface area contributed by atoms with Crippen molar-refractivity contribution >= 4 is 35.2 Å². The fourth-order valence-electron chi connectivity index (χ4n) is 4.58. The summed E-state index contributed by atoms with van der Waals surface area (Å²) >= 11 is 6.06. The molecule has 7 nitrogen and oxygen atoms in total. The minimum Gasteiger partial charge on any atom is -0.466 e. The average molecular weight is 377 g/mol. The second-order valence-corrected chi connectivity index (χ2v) is 7.36.